The number of benzene rings is 1. The summed E-state index contributed by atoms with van der Waals surface area (Å²) in [6, 6.07) is 7.30. The fourth-order valence-electron chi connectivity index (χ4n) is 1.11. The maximum absolute atomic E-state index is 11.2. The van der Waals surface area contributed by atoms with Crippen LogP contribution >= 0.6 is 0 Å². The highest BCUT2D eigenvalue weighted by Crippen LogP contribution is 2.20. The van der Waals surface area contributed by atoms with Crippen molar-refractivity contribution in [2.45, 2.75) is 20.0 Å². The molecule has 0 amide bonds. The normalized spacial score (nSPS) is 13.0. The molecular weight excluding hydrogens is 166 g/mol. The monoisotopic (exact) mass is 181 g/mol. The van der Waals surface area contributed by atoms with Gasteiger partial charge >= 0.3 is 0 Å². The van der Waals surface area contributed by atoms with E-state index in [1.165, 1.54) is 0 Å². The summed E-state index contributed by atoms with van der Waals surface area (Å²) in [6.07, 6.45) is 0.0977. The quantitative estimate of drug-likeness (QED) is 0.709. The zero-order chi connectivity index (χ0) is 9.84. The third-order valence-electron chi connectivity index (χ3n) is 1.63. The van der Waals surface area contributed by atoms with Crippen molar-refractivity contribution < 1.29 is 9.80 Å². The first-order valence-electron chi connectivity index (χ1n) is 4.38. The van der Waals surface area contributed by atoms with Crippen molar-refractivity contribution >= 4 is 5.69 Å². The second kappa shape index (κ2) is 4.25. The predicted octanol–water partition coefficient (Wildman–Crippen LogP) is 1.12. The van der Waals surface area contributed by atoms with Crippen molar-refractivity contribution in [3.8, 4) is 5.75 Å². The van der Waals surface area contributed by atoms with Gasteiger partial charge in [-0.2, -0.15) is 0 Å². The molecule has 3 nitrogen and oxygen atoms in total. The van der Waals surface area contributed by atoms with Crippen LogP contribution in [0.3, 0.4) is 0 Å². The van der Waals surface area contributed by atoms with Crippen LogP contribution in [0.4, 0.5) is 5.69 Å². The van der Waals surface area contributed by atoms with E-state index in [1.54, 1.807) is 13.1 Å². The van der Waals surface area contributed by atoms with Gasteiger partial charge in [-0.05, 0) is 19.9 Å². The van der Waals surface area contributed by atoms with Crippen LogP contribution in [0.1, 0.15) is 13.8 Å². The highest BCUT2D eigenvalue weighted by molar-refractivity contribution is 5.45. The van der Waals surface area contributed by atoms with Gasteiger partial charge in [0.25, 0.3) is 0 Å². The zero-order valence-corrected chi connectivity index (χ0v) is 8.20. The van der Waals surface area contributed by atoms with Gasteiger partial charge in [0, 0.05) is 6.07 Å². The summed E-state index contributed by atoms with van der Waals surface area (Å²) in [5.41, 5.74) is 0.649. The highest BCUT2D eigenvalue weighted by atomic mass is 16.5. The van der Waals surface area contributed by atoms with E-state index < -0.39 is 0 Å². The van der Waals surface area contributed by atoms with Gasteiger partial charge in [0.2, 0.25) is 0 Å². The second-order valence-electron chi connectivity index (χ2n) is 3.22. The summed E-state index contributed by atoms with van der Waals surface area (Å²) in [7, 11) is 1.54. The van der Waals surface area contributed by atoms with Crippen LogP contribution in [0.25, 0.3) is 0 Å². The van der Waals surface area contributed by atoms with E-state index in [9.17, 15) is 5.21 Å². The molecule has 1 rings (SSSR count). The number of rotatable bonds is 3. The molecule has 0 radical (unpaired) electrons. The largest absolute Gasteiger partial charge is 0.629 e. The molecule has 0 saturated carbocycles. The minimum Gasteiger partial charge on any atom is -0.629 e. The van der Waals surface area contributed by atoms with Crippen molar-refractivity contribution in [3.63, 3.8) is 0 Å². The summed E-state index contributed by atoms with van der Waals surface area (Å²) in [6.45, 7) is 3.88. The van der Waals surface area contributed by atoms with Crippen LogP contribution in [-0.2, 0) is 0 Å². The molecule has 3 heteroatoms. The van der Waals surface area contributed by atoms with E-state index in [1.807, 2.05) is 32.0 Å². The number of ether oxygens (including phenoxy) is 1. The predicted molar refractivity (Wildman–Crippen MR) is 52.1 cm³/mol. The molecule has 0 aliphatic heterocycles. The fraction of sp³-hybridized carbons (Fsp3) is 0.400. The molecule has 0 aromatic heterocycles. The average Bonchev–Trinajstić information content (AvgIpc) is 2.03. The Morgan fingerprint density at radius 3 is 2.46 bits per heavy atom. The molecule has 0 saturated heterocycles. The van der Waals surface area contributed by atoms with Crippen LogP contribution in [0, 0.1) is 5.21 Å². The first-order chi connectivity index (χ1) is 6.11. The van der Waals surface area contributed by atoms with E-state index in [-0.39, 0.29) is 11.2 Å². The lowest BCUT2D eigenvalue weighted by molar-refractivity contribution is -0.751. The Kier molecular flexibility index (Phi) is 3.28. The molecular formula is C10H15NO2. The molecule has 1 aromatic carbocycles. The summed E-state index contributed by atoms with van der Waals surface area (Å²) >= 11 is 0. The summed E-state index contributed by atoms with van der Waals surface area (Å²) in [4.78, 5) is 0. The van der Waals surface area contributed by atoms with Crippen LogP contribution in [0.2, 0.25) is 0 Å². The molecule has 72 valence electrons. The fourth-order valence-corrected chi connectivity index (χ4v) is 1.11. The second-order valence-corrected chi connectivity index (χ2v) is 3.22. The van der Waals surface area contributed by atoms with E-state index in [0.717, 1.165) is 0 Å². The molecule has 1 atom stereocenters. The van der Waals surface area contributed by atoms with E-state index in [4.69, 9.17) is 4.74 Å². The van der Waals surface area contributed by atoms with Gasteiger partial charge in [-0.1, -0.05) is 12.1 Å². The summed E-state index contributed by atoms with van der Waals surface area (Å²) in [5.74, 6) is 0.671. The maximum Gasteiger partial charge on any atom is 0.180 e. The smallest absolute Gasteiger partial charge is 0.180 e. The van der Waals surface area contributed by atoms with Crippen molar-refractivity contribution in [2.75, 3.05) is 7.05 Å². The van der Waals surface area contributed by atoms with E-state index in [0.29, 0.717) is 11.4 Å². The lowest BCUT2D eigenvalue weighted by Crippen LogP contribution is -2.98. The topological polar surface area (TPSA) is 36.7 Å². The van der Waals surface area contributed by atoms with Crippen LogP contribution < -0.4 is 9.80 Å². The molecule has 0 heterocycles. The van der Waals surface area contributed by atoms with Crippen molar-refractivity contribution in [3.05, 3.63) is 29.5 Å². The molecule has 1 unspecified atom stereocenters. The SMILES string of the molecule is CC(C)Oc1ccccc1[NH+](C)[O-]. The van der Waals surface area contributed by atoms with Gasteiger partial charge in [-0.25, -0.2) is 0 Å². The Balaban J connectivity index is 2.91. The minimum atomic E-state index is 0.0382. The van der Waals surface area contributed by atoms with Gasteiger partial charge in [-0.3, -0.25) is 0 Å². The number of quaternary nitrogens is 1. The summed E-state index contributed by atoms with van der Waals surface area (Å²) in [5, 5.41) is 11.2. The zero-order valence-electron chi connectivity index (χ0n) is 8.20. The number of nitrogens with one attached hydrogen (secondary N) is 1. The van der Waals surface area contributed by atoms with Gasteiger partial charge in [0.1, 0.15) is 0 Å². The van der Waals surface area contributed by atoms with Gasteiger partial charge in [0.05, 0.1) is 13.2 Å². The average molecular weight is 181 g/mol. The molecule has 0 fully saturated rings. The van der Waals surface area contributed by atoms with Crippen molar-refractivity contribution in [2.24, 2.45) is 0 Å². The van der Waals surface area contributed by atoms with Gasteiger partial charge in [0.15, 0.2) is 11.4 Å². The molecule has 1 aromatic rings. The Bertz CT molecular complexity index is 271. The summed E-state index contributed by atoms with van der Waals surface area (Å²) < 4.78 is 5.49. The maximum atomic E-state index is 11.2. The molecule has 0 bridgehead atoms. The van der Waals surface area contributed by atoms with E-state index >= 15 is 0 Å². The van der Waals surface area contributed by atoms with Gasteiger partial charge in [-0.15, -0.1) is 0 Å². The first kappa shape index (κ1) is 10.0. The third kappa shape index (κ3) is 2.72. The van der Waals surface area contributed by atoms with Crippen LogP contribution in [0.15, 0.2) is 24.3 Å². The minimum absolute atomic E-state index is 0.0382. The first-order valence-corrected chi connectivity index (χ1v) is 4.38. The Labute approximate surface area is 78.5 Å². The van der Waals surface area contributed by atoms with Crippen molar-refractivity contribution in [1.29, 1.82) is 0 Å². The number of hydrogen-bond acceptors (Lipinski definition) is 2. The lowest BCUT2D eigenvalue weighted by atomic mass is 10.3. The Morgan fingerprint density at radius 1 is 1.31 bits per heavy atom. The van der Waals surface area contributed by atoms with Crippen LogP contribution in [-0.4, -0.2) is 13.2 Å². The third-order valence-corrected chi connectivity index (χ3v) is 1.63. The molecule has 0 aliphatic rings. The lowest BCUT2D eigenvalue weighted by Gasteiger charge is -2.20. The Morgan fingerprint density at radius 2 is 1.92 bits per heavy atom. The number of para-hydroxylation sites is 2. The van der Waals surface area contributed by atoms with Gasteiger partial charge < -0.3 is 15.0 Å². The van der Waals surface area contributed by atoms with E-state index in [2.05, 4.69) is 0 Å². The highest BCUT2D eigenvalue weighted by Gasteiger charge is 2.07. The Hall–Kier alpha value is -1.06. The molecule has 0 spiro atoms. The molecule has 0 aliphatic carbocycles. The van der Waals surface area contributed by atoms with Crippen LogP contribution in [0.5, 0.6) is 5.75 Å². The number of hydrogen-bond donors (Lipinski definition) is 1. The number of hydroxylamine groups is 1. The molecule has 13 heavy (non-hydrogen) atoms. The standard InChI is InChI=1S/C10H15NO2/c1-8(2)13-10-7-5-4-6-9(10)11(3)12/h4-8,11H,1-3H3. The molecule has 1 N–H and O–H groups in total. The van der Waals surface area contributed by atoms with Crippen molar-refractivity contribution in [1.82, 2.24) is 0 Å².